The molecular weight excluding hydrogens is 460 g/mol. The molecule has 1 amide bonds. The molecule has 2 N–H and O–H groups in total. The largest absolute Gasteiger partial charge is 0.360 e. The first-order valence-corrected chi connectivity index (χ1v) is 12.9. The van der Waals surface area contributed by atoms with Crippen LogP contribution in [0.4, 0.5) is 5.95 Å². The second-order valence-corrected chi connectivity index (χ2v) is 10.8. The van der Waals surface area contributed by atoms with Crippen molar-refractivity contribution in [2.45, 2.75) is 44.2 Å². The summed E-state index contributed by atoms with van der Waals surface area (Å²) >= 11 is 6.52. The highest BCUT2D eigenvalue weighted by atomic mass is 35.5. The number of rotatable bonds is 5. The average molecular weight is 491 g/mol. The Morgan fingerprint density at radius 2 is 2.11 bits per heavy atom. The number of aromatic amines is 1. The van der Waals surface area contributed by atoms with Crippen LogP contribution in [0.1, 0.15) is 32.1 Å². The summed E-state index contributed by atoms with van der Waals surface area (Å²) in [5, 5.41) is 5.26. The Hall–Kier alpha value is -2.90. The van der Waals surface area contributed by atoms with E-state index in [0.717, 1.165) is 61.2 Å². The molecule has 2 atom stereocenters. The summed E-state index contributed by atoms with van der Waals surface area (Å²) in [6.07, 6.45) is 10.9. The molecule has 182 valence electrons. The van der Waals surface area contributed by atoms with Crippen molar-refractivity contribution in [3.63, 3.8) is 0 Å². The van der Waals surface area contributed by atoms with Crippen LogP contribution < -0.4 is 5.32 Å². The lowest BCUT2D eigenvalue weighted by Gasteiger charge is -2.48. The lowest BCUT2D eigenvalue weighted by molar-refractivity contribution is -0.137. The van der Waals surface area contributed by atoms with Crippen LogP contribution >= 0.6 is 11.6 Å². The minimum Gasteiger partial charge on any atom is -0.360 e. The monoisotopic (exact) mass is 490 g/mol. The van der Waals surface area contributed by atoms with Gasteiger partial charge in [0.05, 0.1) is 16.9 Å². The van der Waals surface area contributed by atoms with Crippen molar-refractivity contribution in [3.05, 3.63) is 54.3 Å². The maximum absolute atomic E-state index is 11.9. The third-order valence-electron chi connectivity index (χ3n) is 8.09. The first-order chi connectivity index (χ1) is 17.0. The van der Waals surface area contributed by atoms with Crippen molar-refractivity contribution >= 4 is 34.4 Å². The first kappa shape index (κ1) is 22.6. The van der Waals surface area contributed by atoms with E-state index in [1.807, 2.05) is 23.2 Å². The van der Waals surface area contributed by atoms with Gasteiger partial charge in [0.1, 0.15) is 0 Å². The van der Waals surface area contributed by atoms with E-state index in [4.69, 9.17) is 16.6 Å². The molecular formula is C27H31ClN6O. The Labute approximate surface area is 210 Å². The zero-order chi connectivity index (χ0) is 24.0. The Balaban J connectivity index is 1.12. The van der Waals surface area contributed by atoms with E-state index in [2.05, 4.69) is 38.9 Å². The van der Waals surface area contributed by atoms with Crippen molar-refractivity contribution in [1.82, 2.24) is 24.8 Å². The summed E-state index contributed by atoms with van der Waals surface area (Å²) in [6, 6.07) is 9.07. The molecule has 0 radical (unpaired) electrons. The molecule has 0 bridgehead atoms. The summed E-state index contributed by atoms with van der Waals surface area (Å²) in [7, 11) is 0. The minimum absolute atomic E-state index is 0.0611. The van der Waals surface area contributed by atoms with Gasteiger partial charge in [0.2, 0.25) is 11.9 Å². The Bertz CT molecular complexity index is 1270. The summed E-state index contributed by atoms with van der Waals surface area (Å²) in [6.45, 7) is 7.58. The van der Waals surface area contributed by atoms with Gasteiger partial charge < -0.3 is 15.2 Å². The summed E-state index contributed by atoms with van der Waals surface area (Å²) in [5.74, 6) is 0.696. The fourth-order valence-corrected chi connectivity index (χ4v) is 6.48. The van der Waals surface area contributed by atoms with Gasteiger partial charge >= 0.3 is 0 Å². The number of carbonyl (C=O) groups is 1. The molecule has 1 aromatic carbocycles. The number of benzene rings is 1. The predicted octanol–water partition coefficient (Wildman–Crippen LogP) is 4.72. The molecule has 1 aliphatic carbocycles. The molecule has 2 aromatic heterocycles. The highest BCUT2D eigenvalue weighted by Gasteiger charge is 2.50. The van der Waals surface area contributed by atoms with Crippen molar-refractivity contribution < 1.29 is 4.79 Å². The topological polar surface area (TPSA) is 77.2 Å². The molecule has 2 saturated heterocycles. The zero-order valence-electron chi connectivity index (χ0n) is 19.8. The summed E-state index contributed by atoms with van der Waals surface area (Å²) in [4.78, 5) is 29.1. The smallest absolute Gasteiger partial charge is 0.245 e. The number of para-hydroxylation sites is 1. The van der Waals surface area contributed by atoms with Crippen LogP contribution in [0, 0.1) is 5.41 Å². The standard InChI is InChI=1S/C27H31ClN6O/c1-2-24(35)34-16-27(17-34)10-11-33(15-27)19-7-5-6-18(12-19)31-26-30-14-22(28)25(32-26)21-13-29-23-9-4-3-8-20(21)23/h2-4,8-9,13-14,18-19,29H,1,5-7,10-12,15-17H2,(H,30,31,32)/t18-,19+/m1/s1. The summed E-state index contributed by atoms with van der Waals surface area (Å²) < 4.78 is 0. The molecule has 1 saturated carbocycles. The molecule has 7 nitrogen and oxygen atoms in total. The van der Waals surface area contributed by atoms with Gasteiger partial charge in [-0.1, -0.05) is 36.4 Å². The van der Waals surface area contributed by atoms with Crippen LogP contribution in [0.5, 0.6) is 0 Å². The van der Waals surface area contributed by atoms with Gasteiger partial charge in [-0.2, -0.15) is 0 Å². The van der Waals surface area contributed by atoms with Gasteiger partial charge in [0.15, 0.2) is 0 Å². The Kier molecular flexibility index (Phi) is 5.77. The van der Waals surface area contributed by atoms with E-state index in [1.54, 1.807) is 6.20 Å². The number of aromatic nitrogens is 3. The molecule has 2 aliphatic heterocycles. The van der Waals surface area contributed by atoms with Gasteiger partial charge in [-0.15, -0.1) is 0 Å². The molecule has 0 unspecified atom stereocenters. The third-order valence-corrected chi connectivity index (χ3v) is 8.37. The second kappa shape index (κ2) is 8.95. The van der Waals surface area contributed by atoms with Crippen LogP contribution in [-0.2, 0) is 4.79 Å². The van der Waals surface area contributed by atoms with E-state index >= 15 is 0 Å². The van der Waals surface area contributed by atoms with Crippen LogP contribution in [0.3, 0.4) is 0 Å². The number of nitrogens with zero attached hydrogens (tertiary/aromatic N) is 4. The second-order valence-electron chi connectivity index (χ2n) is 10.4. The van der Waals surface area contributed by atoms with Gasteiger partial charge in [0, 0.05) is 59.8 Å². The van der Waals surface area contributed by atoms with Crippen LogP contribution in [-0.4, -0.2) is 68.9 Å². The Morgan fingerprint density at radius 3 is 2.97 bits per heavy atom. The number of amides is 1. The fraction of sp³-hybridized carbons (Fsp3) is 0.444. The minimum atomic E-state index is 0.0611. The van der Waals surface area contributed by atoms with Gasteiger partial charge in [-0.05, 0) is 50.8 Å². The highest BCUT2D eigenvalue weighted by Crippen LogP contribution is 2.42. The lowest BCUT2D eigenvalue weighted by atomic mass is 9.79. The van der Waals surface area contributed by atoms with Crippen LogP contribution in [0.2, 0.25) is 5.02 Å². The molecule has 3 aromatic rings. The number of anilines is 1. The first-order valence-electron chi connectivity index (χ1n) is 12.5. The van der Waals surface area contributed by atoms with E-state index in [1.165, 1.54) is 25.3 Å². The van der Waals surface area contributed by atoms with E-state index in [0.29, 0.717) is 23.1 Å². The maximum atomic E-state index is 11.9. The zero-order valence-corrected chi connectivity index (χ0v) is 20.6. The number of nitrogens with one attached hydrogen (secondary N) is 2. The number of H-pyrrole nitrogens is 1. The number of fused-ring (bicyclic) bond motifs is 1. The van der Waals surface area contributed by atoms with Crippen molar-refractivity contribution in [1.29, 1.82) is 0 Å². The van der Waals surface area contributed by atoms with Crippen LogP contribution in [0.25, 0.3) is 22.2 Å². The molecule has 3 fully saturated rings. The maximum Gasteiger partial charge on any atom is 0.245 e. The van der Waals surface area contributed by atoms with Crippen LogP contribution in [0.15, 0.2) is 49.3 Å². The number of hydrogen-bond acceptors (Lipinski definition) is 5. The fourth-order valence-electron chi connectivity index (χ4n) is 6.29. The number of hydrogen-bond donors (Lipinski definition) is 2. The van der Waals surface area contributed by atoms with E-state index in [9.17, 15) is 4.79 Å². The van der Waals surface area contributed by atoms with Crippen molar-refractivity contribution in [2.24, 2.45) is 5.41 Å². The number of halogens is 1. The molecule has 3 aliphatic rings. The third kappa shape index (κ3) is 4.21. The molecule has 8 heteroatoms. The van der Waals surface area contributed by atoms with Gasteiger partial charge in [-0.3, -0.25) is 9.69 Å². The van der Waals surface area contributed by atoms with E-state index < -0.39 is 0 Å². The molecule has 6 rings (SSSR count). The lowest BCUT2D eigenvalue weighted by Crippen LogP contribution is -2.59. The highest BCUT2D eigenvalue weighted by molar-refractivity contribution is 6.33. The summed E-state index contributed by atoms with van der Waals surface area (Å²) in [5.41, 5.74) is 3.09. The number of likely N-dealkylation sites (tertiary alicyclic amines) is 2. The Morgan fingerprint density at radius 1 is 1.26 bits per heavy atom. The quantitative estimate of drug-likeness (QED) is 0.506. The van der Waals surface area contributed by atoms with Crippen molar-refractivity contribution in [3.8, 4) is 11.3 Å². The van der Waals surface area contributed by atoms with Gasteiger partial charge in [0.25, 0.3) is 0 Å². The molecule has 35 heavy (non-hydrogen) atoms. The average Bonchev–Trinajstić information content (AvgIpc) is 3.49. The normalized spacial score (nSPS) is 24.0. The SMILES string of the molecule is C=CC(=O)N1CC2(CCN([C@H]3CCC[C@@H](Nc4ncc(Cl)c(-c5c[nH]c6ccccc56)n4)C3)C2)C1. The van der Waals surface area contributed by atoms with E-state index in [-0.39, 0.29) is 11.3 Å². The number of carbonyl (C=O) groups excluding carboxylic acids is 1. The van der Waals surface area contributed by atoms with Gasteiger partial charge in [-0.25, -0.2) is 9.97 Å². The molecule has 4 heterocycles. The molecule has 1 spiro atoms. The predicted molar refractivity (Wildman–Crippen MR) is 139 cm³/mol. The van der Waals surface area contributed by atoms with Crippen molar-refractivity contribution in [2.75, 3.05) is 31.5 Å².